The first-order valence-corrected chi connectivity index (χ1v) is 10.5. The van der Waals surface area contributed by atoms with Crippen molar-refractivity contribution in [3.8, 4) is 5.88 Å². The molecule has 1 aromatic carbocycles. The van der Waals surface area contributed by atoms with Crippen LogP contribution >= 0.6 is 11.8 Å². The molecule has 1 aliphatic rings. The topological polar surface area (TPSA) is 104 Å². The van der Waals surface area contributed by atoms with Crippen molar-refractivity contribution in [1.82, 2.24) is 14.1 Å². The molecule has 1 N–H and O–H groups in total. The summed E-state index contributed by atoms with van der Waals surface area (Å²) in [4.78, 5) is 42.9. The number of methoxy groups -OCH3 is 1. The van der Waals surface area contributed by atoms with Crippen LogP contribution in [0.1, 0.15) is 11.1 Å². The normalized spacial score (nSPS) is 12.4. The van der Waals surface area contributed by atoms with Crippen LogP contribution in [-0.2, 0) is 29.7 Å². The molecule has 0 radical (unpaired) electrons. The summed E-state index contributed by atoms with van der Waals surface area (Å²) in [5, 5.41) is 2.89. The number of carbonyl (C=O) groups excluding carboxylic acids is 1. The average molecular weight is 452 g/mol. The first-order valence-electron chi connectivity index (χ1n) is 9.66. The number of thioether (sulfide) groups is 1. The van der Waals surface area contributed by atoms with Gasteiger partial charge in [-0.3, -0.25) is 13.9 Å². The second kappa shape index (κ2) is 9.15. The zero-order valence-corrected chi connectivity index (χ0v) is 18.2. The van der Waals surface area contributed by atoms with Crippen LogP contribution in [0.4, 0.5) is 5.82 Å². The molecule has 3 heterocycles. The lowest BCUT2D eigenvalue weighted by atomic mass is 10.2. The molecular weight excluding hydrogens is 432 g/mol. The third kappa shape index (κ3) is 4.30. The molecule has 0 saturated heterocycles. The SMILES string of the molecule is COc1cc(COC(=O)C2=CNc3c(c(=O)n(Cc4ccccc4)c(=O)n3C)S2)ccn1. The van der Waals surface area contributed by atoms with Crippen LogP contribution in [0.2, 0.25) is 0 Å². The summed E-state index contributed by atoms with van der Waals surface area (Å²) in [6.07, 6.45) is 2.99. The third-order valence-corrected chi connectivity index (χ3v) is 5.90. The molecule has 164 valence electrons. The van der Waals surface area contributed by atoms with E-state index in [2.05, 4.69) is 10.3 Å². The van der Waals surface area contributed by atoms with E-state index < -0.39 is 17.2 Å². The van der Waals surface area contributed by atoms with Crippen LogP contribution in [0.5, 0.6) is 5.88 Å². The highest BCUT2D eigenvalue weighted by molar-refractivity contribution is 8.04. The van der Waals surface area contributed by atoms with E-state index in [1.807, 2.05) is 30.3 Å². The number of ether oxygens (including phenoxy) is 2. The lowest BCUT2D eigenvalue weighted by Gasteiger charge is -2.20. The lowest BCUT2D eigenvalue weighted by molar-refractivity contribution is -0.139. The van der Waals surface area contributed by atoms with Gasteiger partial charge in [-0.15, -0.1) is 0 Å². The van der Waals surface area contributed by atoms with Crippen molar-refractivity contribution in [2.45, 2.75) is 18.0 Å². The fraction of sp³-hybridized carbons (Fsp3) is 0.182. The molecule has 0 fully saturated rings. The highest BCUT2D eigenvalue weighted by Crippen LogP contribution is 2.34. The Morgan fingerprint density at radius 1 is 1.16 bits per heavy atom. The summed E-state index contributed by atoms with van der Waals surface area (Å²) in [6, 6.07) is 12.6. The number of hydrogen-bond acceptors (Lipinski definition) is 8. The average Bonchev–Trinajstić information content (AvgIpc) is 2.84. The van der Waals surface area contributed by atoms with E-state index in [-0.39, 0.29) is 23.0 Å². The van der Waals surface area contributed by atoms with Crippen molar-refractivity contribution in [3.63, 3.8) is 0 Å². The molecule has 1 aliphatic heterocycles. The second-order valence-electron chi connectivity index (χ2n) is 6.93. The molecule has 0 spiro atoms. The van der Waals surface area contributed by atoms with Gasteiger partial charge in [-0.1, -0.05) is 42.1 Å². The van der Waals surface area contributed by atoms with Crippen molar-refractivity contribution < 1.29 is 14.3 Å². The quantitative estimate of drug-likeness (QED) is 0.567. The van der Waals surface area contributed by atoms with Crippen LogP contribution in [0.15, 0.2) is 74.3 Å². The maximum absolute atomic E-state index is 13.1. The Balaban J connectivity index is 1.55. The second-order valence-corrected chi connectivity index (χ2v) is 7.99. The minimum atomic E-state index is -0.591. The van der Waals surface area contributed by atoms with Gasteiger partial charge in [0.15, 0.2) is 0 Å². The largest absolute Gasteiger partial charge is 0.481 e. The van der Waals surface area contributed by atoms with E-state index in [4.69, 9.17) is 9.47 Å². The zero-order chi connectivity index (χ0) is 22.7. The molecule has 2 aromatic heterocycles. The minimum absolute atomic E-state index is 0.0218. The summed E-state index contributed by atoms with van der Waals surface area (Å²) < 4.78 is 12.9. The number of nitrogens with zero attached hydrogens (tertiary/aromatic N) is 3. The molecule has 0 bridgehead atoms. The first-order chi connectivity index (χ1) is 15.5. The molecule has 32 heavy (non-hydrogen) atoms. The maximum atomic E-state index is 13.1. The molecule has 0 saturated carbocycles. The predicted molar refractivity (Wildman–Crippen MR) is 120 cm³/mol. The Bertz CT molecular complexity index is 1310. The number of nitrogens with one attached hydrogen (secondary N) is 1. The Labute approximate surface area is 187 Å². The summed E-state index contributed by atoms with van der Waals surface area (Å²) in [7, 11) is 3.08. The highest BCUT2D eigenvalue weighted by atomic mass is 32.2. The summed E-state index contributed by atoms with van der Waals surface area (Å²) in [6.45, 7) is 0.154. The fourth-order valence-electron chi connectivity index (χ4n) is 3.15. The van der Waals surface area contributed by atoms with Gasteiger partial charge in [-0.25, -0.2) is 14.6 Å². The smallest absolute Gasteiger partial charge is 0.346 e. The number of benzene rings is 1. The monoisotopic (exact) mass is 452 g/mol. The lowest BCUT2D eigenvalue weighted by Crippen LogP contribution is -2.41. The summed E-state index contributed by atoms with van der Waals surface area (Å²) in [5.41, 5.74) is 0.620. The van der Waals surface area contributed by atoms with E-state index in [1.165, 1.54) is 17.9 Å². The van der Waals surface area contributed by atoms with Gasteiger partial charge in [-0.2, -0.15) is 0 Å². The first kappa shape index (κ1) is 21.4. The minimum Gasteiger partial charge on any atom is -0.481 e. The Morgan fingerprint density at radius 2 is 1.94 bits per heavy atom. The van der Waals surface area contributed by atoms with Gasteiger partial charge >= 0.3 is 11.7 Å². The van der Waals surface area contributed by atoms with E-state index in [0.717, 1.165) is 21.9 Å². The molecule has 10 heteroatoms. The Kier molecular flexibility index (Phi) is 6.13. The van der Waals surface area contributed by atoms with Crippen molar-refractivity contribution in [3.05, 3.63) is 91.7 Å². The van der Waals surface area contributed by atoms with Gasteiger partial charge < -0.3 is 14.8 Å². The molecule has 0 amide bonds. The standard InChI is InChI=1S/C22H20N4O5S/c1-25-19-18(20(27)26(22(25)29)12-14-6-4-3-5-7-14)32-16(11-24-19)21(28)31-13-15-8-9-23-17(10-15)30-2/h3-11,24H,12-13H2,1-2H3. The predicted octanol–water partition coefficient (Wildman–Crippen LogP) is 2.10. The molecule has 0 unspecified atom stereocenters. The number of esters is 1. The molecule has 4 rings (SSSR count). The summed E-state index contributed by atoms with van der Waals surface area (Å²) >= 11 is 0.976. The van der Waals surface area contributed by atoms with E-state index in [1.54, 1.807) is 25.4 Å². The third-order valence-electron chi connectivity index (χ3n) is 4.82. The van der Waals surface area contributed by atoms with Gasteiger partial charge in [0, 0.05) is 25.5 Å². The Morgan fingerprint density at radius 3 is 2.69 bits per heavy atom. The summed E-state index contributed by atoms with van der Waals surface area (Å²) in [5.74, 6) is 0.164. The number of aromatic nitrogens is 3. The number of carbonyl (C=O) groups is 1. The molecular formula is C22H20N4O5S. The molecule has 0 atom stereocenters. The van der Waals surface area contributed by atoms with Gasteiger partial charge in [0.25, 0.3) is 5.56 Å². The number of rotatable bonds is 6. The van der Waals surface area contributed by atoms with Crippen molar-refractivity contribution in [2.24, 2.45) is 7.05 Å². The fourth-order valence-corrected chi connectivity index (χ4v) is 4.12. The van der Waals surface area contributed by atoms with Gasteiger partial charge in [0.1, 0.15) is 22.2 Å². The molecule has 3 aromatic rings. The van der Waals surface area contributed by atoms with Crippen molar-refractivity contribution >= 4 is 23.5 Å². The molecule has 9 nitrogen and oxygen atoms in total. The highest BCUT2D eigenvalue weighted by Gasteiger charge is 2.26. The van der Waals surface area contributed by atoms with Gasteiger partial charge in [0.05, 0.1) is 13.7 Å². The van der Waals surface area contributed by atoms with Crippen molar-refractivity contribution in [2.75, 3.05) is 12.4 Å². The van der Waals surface area contributed by atoms with Gasteiger partial charge in [0.2, 0.25) is 5.88 Å². The number of anilines is 1. The number of hydrogen-bond donors (Lipinski definition) is 1. The van der Waals surface area contributed by atoms with E-state index >= 15 is 0 Å². The van der Waals surface area contributed by atoms with Crippen LogP contribution in [0.25, 0.3) is 0 Å². The maximum Gasteiger partial charge on any atom is 0.346 e. The van der Waals surface area contributed by atoms with Crippen LogP contribution in [0, 0.1) is 0 Å². The van der Waals surface area contributed by atoms with Crippen LogP contribution < -0.4 is 21.3 Å². The van der Waals surface area contributed by atoms with E-state index in [9.17, 15) is 14.4 Å². The van der Waals surface area contributed by atoms with Crippen LogP contribution in [-0.4, -0.2) is 27.2 Å². The van der Waals surface area contributed by atoms with Crippen molar-refractivity contribution in [1.29, 1.82) is 0 Å². The number of pyridine rings is 1. The van der Waals surface area contributed by atoms with E-state index in [0.29, 0.717) is 17.3 Å². The van der Waals surface area contributed by atoms with Gasteiger partial charge in [-0.05, 0) is 17.2 Å². The molecule has 0 aliphatic carbocycles. The van der Waals surface area contributed by atoms with Crippen LogP contribution in [0.3, 0.4) is 0 Å². The zero-order valence-electron chi connectivity index (χ0n) is 17.4. The number of fused-ring (bicyclic) bond motifs is 1. The Hall–Kier alpha value is -3.79.